The number of amides is 1. The van der Waals surface area contributed by atoms with Crippen molar-refractivity contribution in [2.24, 2.45) is 0 Å². The molecule has 1 saturated heterocycles. The quantitative estimate of drug-likeness (QED) is 0.934. The van der Waals surface area contributed by atoms with E-state index in [-0.39, 0.29) is 17.7 Å². The van der Waals surface area contributed by atoms with Gasteiger partial charge in [0.05, 0.1) is 6.04 Å². The number of hydrogen-bond donors (Lipinski definition) is 1. The van der Waals surface area contributed by atoms with Crippen LogP contribution in [0.1, 0.15) is 18.5 Å². The number of aromatic nitrogens is 1. The summed E-state index contributed by atoms with van der Waals surface area (Å²) in [6, 6.07) is 9.80. The van der Waals surface area contributed by atoms with Crippen LogP contribution in [0.5, 0.6) is 5.75 Å². The van der Waals surface area contributed by atoms with Gasteiger partial charge in [-0.05, 0) is 30.7 Å². The number of piperazine rings is 1. The van der Waals surface area contributed by atoms with Gasteiger partial charge in [-0.1, -0.05) is 18.2 Å². The van der Waals surface area contributed by atoms with Crippen LogP contribution in [-0.4, -0.2) is 41.5 Å². The monoisotopic (exact) mass is 329 g/mol. The van der Waals surface area contributed by atoms with Gasteiger partial charge in [0.2, 0.25) is 0 Å². The third-order valence-electron chi connectivity index (χ3n) is 4.08. The van der Waals surface area contributed by atoms with Gasteiger partial charge in [0.25, 0.3) is 5.91 Å². The SMILES string of the molecule is CC(Oc1ccccc1F)C(=O)N1CCNCC1c1cccnc1. The van der Waals surface area contributed by atoms with Crippen molar-refractivity contribution < 1.29 is 13.9 Å². The molecule has 1 fully saturated rings. The molecule has 0 bridgehead atoms. The van der Waals surface area contributed by atoms with E-state index in [0.29, 0.717) is 13.1 Å². The summed E-state index contributed by atoms with van der Waals surface area (Å²) in [5.41, 5.74) is 0.969. The summed E-state index contributed by atoms with van der Waals surface area (Å²) in [7, 11) is 0. The molecule has 6 heteroatoms. The number of pyridine rings is 1. The number of carbonyl (C=O) groups is 1. The molecule has 1 aliphatic rings. The normalized spacial score (nSPS) is 18.9. The highest BCUT2D eigenvalue weighted by molar-refractivity contribution is 5.81. The van der Waals surface area contributed by atoms with E-state index in [1.807, 2.05) is 12.1 Å². The summed E-state index contributed by atoms with van der Waals surface area (Å²) >= 11 is 0. The largest absolute Gasteiger partial charge is 0.478 e. The fourth-order valence-electron chi connectivity index (χ4n) is 2.85. The van der Waals surface area contributed by atoms with E-state index in [9.17, 15) is 9.18 Å². The van der Waals surface area contributed by atoms with E-state index in [2.05, 4.69) is 10.3 Å². The average molecular weight is 329 g/mol. The molecular formula is C18H20FN3O2. The van der Waals surface area contributed by atoms with Crippen LogP contribution < -0.4 is 10.1 Å². The molecule has 1 N–H and O–H groups in total. The fourth-order valence-corrected chi connectivity index (χ4v) is 2.85. The topological polar surface area (TPSA) is 54.5 Å². The zero-order valence-corrected chi connectivity index (χ0v) is 13.5. The number of rotatable bonds is 4. The lowest BCUT2D eigenvalue weighted by Gasteiger charge is -2.37. The molecule has 1 amide bonds. The van der Waals surface area contributed by atoms with Crippen LogP contribution >= 0.6 is 0 Å². The third kappa shape index (κ3) is 3.54. The zero-order valence-electron chi connectivity index (χ0n) is 13.5. The average Bonchev–Trinajstić information content (AvgIpc) is 2.63. The van der Waals surface area contributed by atoms with Gasteiger partial charge in [-0.3, -0.25) is 9.78 Å². The Morgan fingerprint density at radius 2 is 2.21 bits per heavy atom. The number of hydrogen-bond acceptors (Lipinski definition) is 4. The second kappa shape index (κ2) is 7.40. The van der Waals surface area contributed by atoms with Crippen molar-refractivity contribution in [3.05, 3.63) is 60.2 Å². The Morgan fingerprint density at radius 1 is 1.38 bits per heavy atom. The van der Waals surface area contributed by atoms with Gasteiger partial charge in [-0.2, -0.15) is 0 Å². The molecule has 3 rings (SSSR count). The number of ether oxygens (including phenoxy) is 1. The predicted molar refractivity (Wildman–Crippen MR) is 88.1 cm³/mol. The van der Waals surface area contributed by atoms with Gasteiger partial charge in [0, 0.05) is 32.0 Å². The molecule has 1 aliphatic heterocycles. The molecule has 0 aliphatic carbocycles. The molecule has 2 atom stereocenters. The smallest absolute Gasteiger partial charge is 0.263 e. The van der Waals surface area contributed by atoms with Gasteiger partial charge in [-0.15, -0.1) is 0 Å². The van der Waals surface area contributed by atoms with Gasteiger partial charge in [-0.25, -0.2) is 4.39 Å². The molecule has 0 saturated carbocycles. The first-order valence-electron chi connectivity index (χ1n) is 7.99. The molecule has 126 valence electrons. The van der Waals surface area contributed by atoms with Gasteiger partial charge >= 0.3 is 0 Å². The van der Waals surface area contributed by atoms with Gasteiger partial charge in [0.15, 0.2) is 17.7 Å². The number of nitrogens with zero attached hydrogens (tertiary/aromatic N) is 2. The molecule has 0 spiro atoms. The molecule has 1 aromatic heterocycles. The Balaban J connectivity index is 1.75. The van der Waals surface area contributed by atoms with Crippen LogP contribution in [0.25, 0.3) is 0 Å². The number of nitrogens with one attached hydrogen (secondary N) is 1. The number of carbonyl (C=O) groups excluding carboxylic acids is 1. The van der Waals surface area contributed by atoms with Crippen molar-refractivity contribution in [1.82, 2.24) is 15.2 Å². The number of para-hydroxylation sites is 1. The van der Waals surface area contributed by atoms with Gasteiger partial charge in [0.1, 0.15) is 0 Å². The summed E-state index contributed by atoms with van der Waals surface area (Å²) < 4.78 is 19.3. The highest BCUT2D eigenvalue weighted by atomic mass is 19.1. The van der Waals surface area contributed by atoms with E-state index in [0.717, 1.165) is 12.1 Å². The Morgan fingerprint density at radius 3 is 2.96 bits per heavy atom. The molecule has 24 heavy (non-hydrogen) atoms. The summed E-state index contributed by atoms with van der Waals surface area (Å²) in [4.78, 5) is 18.7. The van der Waals surface area contributed by atoms with Crippen LogP contribution in [0, 0.1) is 5.82 Å². The zero-order chi connectivity index (χ0) is 16.9. The first-order valence-corrected chi connectivity index (χ1v) is 7.99. The lowest BCUT2D eigenvalue weighted by molar-refractivity contribution is -0.141. The maximum atomic E-state index is 13.7. The van der Waals surface area contributed by atoms with E-state index in [4.69, 9.17) is 4.74 Å². The minimum Gasteiger partial charge on any atom is -0.478 e. The first-order chi connectivity index (χ1) is 11.7. The van der Waals surface area contributed by atoms with Crippen LogP contribution in [0.4, 0.5) is 4.39 Å². The van der Waals surface area contributed by atoms with E-state index in [1.165, 1.54) is 12.1 Å². The minimum atomic E-state index is -0.765. The third-order valence-corrected chi connectivity index (χ3v) is 4.08. The van der Waals surface area contributed by atoms with Crippen LogP contribution in [-0.2, 0) is 4.79 Å². The van der Waals surface area contributed by atoms with Crippen molar-refractivity contribution >= 4 is 5.91 Å². The standard InChI is InChI=1S/C18H20FN3O2/c1-13(24-17-7-3-2-6-15(17)19)18(23)22-10-9-21-12-16(22)14-5-4-8-20-11-14/h2-8,11,13,16,21H,9-10,12H2,1H3. The Labute approximate surface area is 140 Å². The Hall–Kier alpha value is -2.47. The lowest BCUT2D eigenvalue weighted by atomic mass is 10.0. The minimum absolute atomic E-state index is 0.0893. The Kier molecular flexibility index (Phi) is 5.05. The summed E-state index contributed by atoms with van der Waals surface area (Å²) in [5, 5.41) is 3.29. The first kappa shape index (κ1) is 16.4. The van der Waals surface area contributed by atoms with Crippen LogP contribution in [0.15, 0.2) is 48.8 Å². The summed E-state index contributed by atoms with van der Waals surface area (Å²) in [5.74, 6) is -0.540. The Bertz CT molecular complexity index is 696. The van der Waals surface area contributed by atoms with Crippen molar-refractivity contribution in [2.45, 2.75) is 19.1 Å². The predicted octanol–water partition coefficient (Wildman–Crippen LogP) is 2.16. The van der Waals surface area contributed by atoms with Crippen molar-refractivity contribution in [3.63, 3.8) is 0 Å². The van der Waals surface area contributed by atoms with Crippen LogP contribution in [0.2, 0.25) is 0 Å². The number of benzene rings is 1. The summed E-state index contributed by atoms with van der Waals surface area (Å²) in [6.45, 7) is 3.60. The molecule has 2 heterocycles. The van der Waals surface area contributed by atoms with Crippen molar-refractivity contribution in [3.8, 4) is 5.75 Å². The molecule has 2 unspecified atom stereocenters. The fraction of sp³-hybridized carbons (Fsp3) is 0.333. The molecule has 5 nitrogen and oxygen atoms in total. The molecule has 1 aromatic carbocycles. The van der Waals surface area contributed by atoms with Crippen molar-refractivity contribution in [2.75, 3.05) is 19.6 Å². The molecule has 0 radical (unpaired) electrons. The maximum Gasteiger partial charge on any atom is 0.263 e. The van der Waals surface area contributed by atoms with Crippen molar-refractivity contribution in [1.29, 1.82) is 0 Å². The van der Waals surface area contributed by atoms with E-state index < -0.39 is 11.9 Å². The molecular weight excluding hydrogens is 309 g/mol. The van der Waals surface area contributed by atoms with Crippen LogP contribution in [0.3, 0.4) is 0 Å². The van der Waals surface area contributed by atoms with E-state index in [1.54, 1.807) is 36.4 Å². The lowest BCUT2D eigenvalue weighted by Crippen LogP contribution is -2.52. The second-order valence-electron chi connectivity index (χ2n) is 5.73. The maximum absolute atomic E-state index is 13.7. The second-order valence-corrected chi connectivity index (χ2v) is 5.73. The highest BCUT2D eigenvalue weighted by Crippen LogP contribution is 2.24. The number of halogens is 1. The highest BCUT2D eigenvalue weighted by Gasteiger charge is 2.31. The molecule has 2 aromatic rings. The summed E-state index contributed by atoms with van der Waals surface area (Å²) in [6.07, 6.45) is 2.70. The van der Waals surface area contributed by atoms with Gasteiger partial charge < -0.3 is 15.0 Å². The van der Waals surface area contributed by atoms with E-state index >= 15 is 0 Å².